The van der Waals surface area contributed by atoms with Crippen molar-refractivity contribution in [1.82, 2.24) is 0 Å². The van der Waals surface area contributed by atoms with Crippen LogP contribution in [0.5, 0.6) is 0 Å². The van der Waals surface area contributed by atoms with Gasteiger partial charge in [0.2, 0.25) is 0 Å². The van der Waals surface area contributed by atoms with E-state index in [2.05, 4.69) is 5.32 Å². The molecule has 0 aliphatic carbocycles. The maximum Gasteiger partial charge on any atom is 0.127 e. The van der Waals surface area contributed by atoms with Crippen LogP contribution in [0.3, 0.4) is 0 Å². The van der Waals surface area contributed by atoms with Gasteiger partial charge in [-0.25, -0.2) is 4.39 Å². The molecule has 0 aromatic heterocycles. The van der Waals surface area contributed by atoms with E-state index in [1.54, 1.807) is 6.07 Å². The summed E-state index contributed by atoms with van der Waals surface area (Å²) in [5.74, 6) is -0.317. The molecule has 4 N–H and O–H groups in total. The molecule has 0 spiro atoms. The van der Waals surface area contributed by atoms with Crippen LogP contribution in [-0.4, -0.2) is 18.3 Å². The minimum atomic E-state index is -0.317. The van der Waals surface area contributed by atoms with Gasteiger partial charge in [0.15, 0.2) is 0 Å². The van der Waals surface area contributed by atoms with Crippen molar-refractivity contribution in [2.75, 3.05) is 24.2 Å². The number of aliphatic hydroxyl groups excluding tert-OH is 1. The Morgan fingerprint density at radius 1 is 1.12 bits per heavy atom. The van der Waals surface area contributed by atoms with Crippen molar-refractivity contribution in [2.45, 2.75) is 25.7 Å². The fourth-order valence-electron chi connectivity index (χ4n) is 1.54. The minimum Gasteiger partial charge on any atom is -0.399 e. The maximum atomic E-state index is 13.0. The molecule has 90 valence electrons. The zero-order valence-electron chi connectivity index (χ0n) is 9.38. The maximum absolute atomic E-state index is 13.0. The molecule has 3 nitrogen and oxygen atoms in total. The highest BCUT2D eigenvalue weighted by Gasteiger charge is 1.97. The van der Waals surface area contributed by atoms with Gasteiger partial charge in [0.05, 0.1) is 0 Å². The van der Waals surface area contributed by atoms with Crippen LogP contribution in [0, 0.1) is 5.82 Å². The van der Waals surface area contributed by atoms with Crippen molar-refractivity contribution in [3.63, 3.8) is 0 Å². The van der Waals surface area contributed by atoms with E-state index in [-0.39, 0.29) is 12.4 Å². The van der Waals surface area contributed by atoms with Gasteiger partial charge >= 0.3 is 0 Å². The lowest BCUT2D eigenvalue weighted by molar-refractivity contribution is 0.283. The number of nitrogen functional groups attached to an aromatic ring is 1. The summed E-state index contributed by atoms with van der Waals surface area (Å²) in [4.78, 5) is 0. The molecule has 0 fully saturated rings. The SMILES string of the molecule is Nc1cc(F)cc(NCCCCCCO)c1. The molecule has 0 atom stereocenters. The van der Waals surface area contributed by atoms with Gasteiger partial charge in [0, 0.05) is 24.5 Å². The van der Waals surface area contributed by atoms with E-state index in [9.17, 15) is 4.39 Å². The lowest BCUT2D eigenvalue weighted by Crippen LogP contribution is -2.02. The molecule has 0 aliphatic rings. The molecule has 0 radical (unpaired) electrons. The molecule has 16 heavy (non-hydrogen) atoms. The molecule has 0 heterocycles. The third kappa shape index (κ3) is 4.98. The van der Waals surface area contributed by atoms with Crippen LogP contribution in [0.25, 0.3) is 0 Å². The highest BCUT2D eigenvalue weighted by molar-refractivity contribution is 5.54. The number of unbranched alkanes of at least 4 members (excludes halogenated alkanes) is 3. The summed E-state index contributed by atoms with van der Waals surface area (Å²) in [6, 6.07) is 4.45. The van der Waals surface area contributed by atoms with Crippen molar-refractivity contribution in [1.29, 1.82) is 0 Å². The van der Waals surface area contributed by atoms with E-state index < -0.39 is 0 Å². The zero-order valence-corrected chi connectivity index (χ0v) is 9.38. The zero-order chi connectivity index (χ0) is 11.8. The van der Waals surface area contributed by atoms with Gasteiger partial charge in [-0.15, -0.1) is 0 Å². The smallest absolute Gasteiger partial charge is 0.127 e. The van der Waals surface area contributed by atoms with Crippen LogP contribution < -0.4 is 11.1 Å². The number of anilines is 2. The first-order valence-electron chi connectivity index (χ1n) is 5.63. The second-order valence-electron chi connectivity index (χ2n) is 3.84. The Bertz CT molecular complexity index is 298. The number of rotatable bonds is 7. The third-order valence-electron chi connectivity index (χ3n) is 2.33. The molecular formula is C12H19FN2O. The van der Waals surface area contributed by atoms with Gasteiger partial charge < -0.3 is 16.2 Å². The Labute approximate surface area is 95.5 Å². The van der Waals surface area contributed by atoms with Crippen molar-refractivity contribution in [3.8, 4) is 0 Å². The molecule has 4 heteroatoms. The molecule has 0 saturated carbocycles. The first-order valence-corrected chi connectivity index (χ1v) is 5.63. The van der Waals surface area contributed by atoms with E-state index in [1.165, 1.54) is 12.1 Å². The monoisotopic (exact) mass is 226 g/mol. The Balaban J connectivity index is 2.21. The normalized spacial score (nSPS) is 10.4. The summed E-state index contributed by atoms with van der Waals surface area (Å²) in [6.45, 7) is 1.06. The van der Waals surface area contributed by atoms with E-state index in [1.807, 2.05) is 0 Å². The Hall–Kier alpha value is -1.29. The summed E-state index contributed by atoms with van der Waals surface area (Å²) in [6.07, 6.45) is 3.96. The summed E-state index contributed by atoms with van der Waals surface area (Å²) in [5, 5.41) is 11.7. The van der Waals surface area contributed by atoms with Crippen LogP contribution in [0.4, 0.5) is 15.8 Å². The van der Waals surface area contributed by atoms with Crippen molar-refractivity contribution in [3.05, 3.63) is 24.0 Å². The van der Waals surface area contributed by atoms with Crippen LogP contribution in [0.1, 0.15) is 25.7 Å². The van der Waals surface area contributed by atoms with Crippen LogP contribution >= 0.6 is 0 Å². The van der Waals surface area contributed by atoms with E-state index in [0.29, 0.717) is 5.69 Å². The Kier molecular flexibility index (Phi) is 5.64. The van der Waals surface area contributed by atoms with Gasteiger partial charge in [0.25, 0.3) is 0 Å². The largest absolute Gasteiger partial charge is 0.399 e. The van der Waals surface area contributed by atoms with Gasteiger partial charge in [-0.05, 0) is 31.0 Å². The van der Waals surface area contributed by atoms with E-state index >= 15 is 0 Å². The second-order valence-corrected chi connectivity index (χ2v) is 3.84. The average molecular weight is 226 g/mol. The van der Waals surface area contributed by atoms with Gasteiger partial charge in [-0.2, -0.15) is 0 Å². The molecule has 0 unspecified atom stereocenters. The highest BCUT2D eigenvalue weighted by atomic mass is 19.1. The van der Waals surface area contributed by atoms with Crippen LogP contribution in [0.15, 0.2) is 18.2 Å². The Morgan fingerprint density at radius 3 is 2.56 bits per heavy atom. The lowest BCUT2D eigenvalue weighted by Gasteiger charge is -2.07. The van der Waals surface area contributed by atoms with Crippen molar-refractivity contribution >= 4 is 11.4 Å². The van der Waals surface area contributed by atoms with Gasteiger partial charge in [0.1, 0.15) is 5.82 Å². The van der Waals surface area contributed by atoms with Gasteiger partial charge in [-0.1, -0.05) is 12.8 Å². The fourth-order valence-corrected chi connectivity index (χ4v) is 1.54. The quantitative estimate of drug-likeness (QED) is 0.494. The molecule has 1 aromatic carbocycles. The molecule has 0 saturated heterocycles. The number of hydrogen-bond acceptors (Lipinski definition) is 3. The summed E-state index contributed by atoms with van der Waals surface area (Å²) >= 11 is 0. The molecule has 1 rings (SSSR count). The molecule has 1 aromatic rings. The predicted molar refractivity (Wildman–Crippen MR) is 64.9 cm³/mol. The molecule has 0 bridgehead atoms. The molecular weight excluding hydrogens is 207 g/mol. The molecule has 0 aliphatic heterocycles. The Morgan fingerprint density at radius 2 is 1.88 bits per heavy atom. The highest BCUT2D eigenvalue weighted by Crippen LogP contribution is 2.15. The second kappa shape index (κ2) is 7.06. The van der Waals surface area contributed by atoms with Crippen LogP contribution in [0.2, 0.25) is 0 Å². The number of halogens is 1. The first kappa shape index (κ1) is 12.8. The number of benzene rings is 1. The van der Waals surface area contributed by atoms with Crippen molar-refractivity contribution < 1.29 is 9.50 Å². The number of nitrogens with two attached hydrogens (primary N) is 1. The lowest BCUT2D eigenvalue weighted by atomic mass is 10.2. The average Bonchev–Trinajstić information content (AvgIpc) is 2.22. The van der Waals surface area contributed by atoms with E-state index in [0.717, 1.165) is 37.9 Å². The minimum absolute atomic E-state index is 0.258. The number of hydrogen-bond donors (Lipinski definition) is 3. The topological polar surface area (TPSA) is 58.3 Å². The summed E-state index contributed by atoms with van der Waals surface area (Å²) < 4.78 is 13.0. The predicted octanol–water partition coefficient (Wildman–Crippen LogP) is 2.37. The van der Waals surface area contributed by atoms with E-state index in [4.69, 9.17) is 10.8 Å². The summed E-state index contributed by atoms with van der Waals surface area (Å²) in [7, 11) is 0. The standard InChI is InChI=1S/C12H19FN2O/c13-10-7-11(14)9-12(8-10)15-5-3-1-2-4-6-16/h7-9,15-16H,1-6,14H2. The van der Waals surface area contributed by atoms with Gasteiger partial charge in [-0.3, -0.25) is 0 Å². The number of aliphatic hydroxyl groups is 1. The summed E-state index contributed by atoms with van der Waals surface area (Å²) in [5.41, 5.74) is 6.68. The van der Waals surface area contributed by atoms with Crippen molar-refractivity contribution in [2.24, 2.45) is 0 Å². The third-order valence-corrected chi connectivity index (χ3v) is 2.33. The van der Waals surface area contributed by atoms with Crippen LogP contribution in [-0.2, 0) is 0 Å². The molecule has 0 amide bonds. The first-order chi connectivity index (χ1) is 7.72. The number of nitrogens with one attached hydrogen (secondary N) is 1. The fraction of sp³-hybridized carbons (Fsp3) is 0.500.